The Labute approximate surface area is 227 Å². The highest BCUT2D eigenvalue weighted by molar-refractivity contribution is 7.09. The molecule has 2 aromatic rings. The molecule has 0 radical (unpaired) electrons. The van der Waals surface area contributed by atoms with Crippen LogP contribution in [-0.4, -0.2) is 34.5 Å². The normalized spacial score (nSPS) is 32.1. The molecule has 37 heavy (non-hydrogen) atoms. The van der Waals surface area contributed by atoms with Crippen molar-refractivity contribution in [1.29, 1.82) is 0 Å². The molecule has 198 valence electrons. The molecule has 9 heteroatoms. The number of hydrogen-bond donors (Lipinski definition) is 3. The van der Waals surface area contributed by atoms with E-state index in [0.717, 1.165) is 67.7 Å². The standard InChI is InChI=1S/C28H35ClN4O3S/c29-20-5-7-21(8-6-20)36-15-25-30-24(16-37-25)26(34)31-22-3-1-2-4-23(22)32-27(35)33-28-12-17-9-18(13-28)11-19(10-17)14-28/h5-8,16-19,22-23H,1-4,9-15H2,(H,31,34)(H2,32,33,35)/t17?,18?,19?,22-,23+,28?/m1/s1. The van der Waals surface area contributed by atoms with E-state index in [1.807, 2.05) is 0 Å². The molecule has 5 aliphatic carbocycles. The molecule has 7 nitrogen and oxygen atoms in total. The van der Waals surface area contributed by atoms with Crippen LogP contribution in [0.4, 0.5) is 4.79 Å². The first-order valence-electron chi connectivity index (χ1n) is 13.7. The number of benzene rings is 1. The number of thiazole rings is 1. The second kappa shape index (κ2) is 10.4. The monoisotopic (exact) mass is 542 g/mol. The molecular weight excluding hydrogens is 508 g/mol. The Hall–Kier alpha value is -2.32. The van der Waals surface area contributed by atoms with Gasteiger partial charge in [0.15, 0.2) is 0 Å². The van der Waals surface area contributed by atoms with Crippen molar-refractivity contribution in [3.8, 4) is 5.75 Å². The Morgan fingerprint density at radius 1 is 0.973 bits per heavy atom. The van der Waals surface area contributed by atoms with Crippen molar-refractivity contribution in [3.05, 3.63) is 45.4 Å². The van der Waals surface area contributed by atoms with Gasteiger partial charge in [-0.25, -0.2) is 9.78 Å². The van der Waals surface area contributed by atoms with Crippen LogP contribution in [0.2, 0.25) is 5.02 Å². The fourth-order valence-electron chi connectivity index (χ4n) is 7.59. The molecule has 1 aromatic heterocycles. The molecule has 7 rings (SSSR count). The number of nitrogens with one attached hydrogen (secondary N) is 3. The van der Waals surface area contributed by atoms with Crippen LogP contribution in [0.25, 0.3) is 0 Å². The van der Waals surface area contributed by atoms with E-state index in [2.05, 4.69) is 20.9 Å². The number of rotatable bonds is 7. The highest BCUT2D eigenvalue weighted by Crippen LogP contribution is 2.55. The minimum absolute atomic E-state index is 0.0165. The molecule has 5 saturated carbocycles. The molecule has 0 unspecified atom stereocenters. The van der Waals surface area contributed by atoms with Crippen molar-refractivity contribution in [2.24, 2.45) is 17.8 Å². The number of halogens is 1. The highest BCUT2D eigenvalue weighted by Gasteiger charge is 2.51. The van der Waals surface area contributed by atoms with Gasteiger partial charge in [0, 0.05) is 22.0 Å². The van der Waals surface area contributed by atoms with Crippen LogP contribution in [0, 0.1) is 17.8 Å². The van der Waals surface area contributed by atoms with E-state index < -0.39 is 0 Å². The summed E-state index contributed by atoms with van der Waals surface area (Å²) >= 11 is 7.32. The van der Waals surface area contributed by atoms with E-state index in [0.29, 0.717) is 16.5 Å². The van der Waals surface area contributed by atoms with Crippen LogP contribution in [0.5, 0.6) is 5.75 Å². The lowest BCUT2D eigenvalue weighted by atomic mass is 9.53. The van der Waals surface area contributed by atoms with E-state index in [4.69, 9.17) is 16.3 Å². The zero-order valence-electron chi connectivity index (χ0n) is 21.0. The van der Waals surface area contributed by atoms with E-state index >= 15 is 0 Å². The van der Waals surface area contributed by atoms with Crippen molar-refractivity contribution in [2.75, 3.05) is 0 Å². The van der Waals surface area contributed by atoms with Crippen LogP contribution in [0.1, 0.15) is 79.7 Å². The summed E-state index contributed by atoms with van der Waals surface area (Å²) in [5.41, 5.74) is 0.374. The summed E-state index contributed by atoms with van der Waals surface area (Å²) in [4.78, 5) is 30.6. The van der Waals surface area contributed by atoms with Gasteiger partial charge in [-0.05, 0) is 93.4 Å². The molecule has 4 bridgehead atoms. The Morgan fingerprint density at radius 2 is 1.59 bits per heavy atom. The maximum atomic E-state index is 13.1. The lowest BCUT2D eigenvalue weighted by Crippen LogP contribution is -2.63. The molecule has 1 aromatic carbocycles. The third-order valence-corrected chi connectivity index (χ3v) is 9.85. The first kappa shape index (κ1) is 25.0. The number of aromatic nitrogens is 1. The van der Waals surface area contributed by atoms with E-state index in [9.17, 15) is 9.59 Å². The molecule has 5 fully saturated rings. The molecule has 2 atom stereocenters. The minimum Gasteiger partial charge on any atom is -0.486 e. The zero-order valence-corrected chi connectivity index (χ0v) is 22.6. The summed E-state index contributed by atoms with van der Waals surface area (Å²) in [5.74, 6) is 2.86. The summed E-state index contributed by atoms with van der Waals surface area (Å²) in [6.07, 6.45) is 11.3. The summed E-state index contributed by atoms with van der Waals surface area (Å²) in [7, 11) is 0. The number of amides is 3. The smallest absolute Gasteiger partial charge is 0.315 e. The number of carbonyl (C=O) groups excluding carboxylic acids is 2. The summed E-state index contributed by atoms with van der Waals surface area (Å²) in [5, 5.41) is 13.0. The molecule has 5 aliphatic rings. The third-order valence-electron chi connectivity index (χ3n) is 8.78. The summed E-state index contributed by atoms with van der Waals surface area (Å²) in [6, 6.07) is 6.92. The largest absolute Gasteiger partial charge is 0.486 e. The van der Waals surface area contributed by atoms with Gasteiger partial charge in [-0.1, -0.05) is 24.4 Å². The van der Waals surface area contributed by atoms with Crippen LogP contribution in [0.15, 0.2) is 29.6 Å². The van der Waals surface area contributed by atoms with Crippen molar-refractivity contribution in [3.63, 3.8) is 0 Å². The minimum atomic E-state index is -0.200. The molecule has 1 heterocycles. The quantitative estimate of drug-likeness (QED) is 0.419. The molecule has 0 saturated heterocycles. The Morgan fingerprint density at radius 3 is 2.24 bits per heavy atom. The van der Waals surface area contributed by atoms with Gasteiger partial charge in [-0.2, -0.15) is 0 Å². The number of carbonyl (C=O) groups is 2. The highest BCUT2D eigenvalue weighted by atomic mass is 35.5. The van der Waals surface area contributed by atoms with E-state index in [-0.39, 0.29) is 36.2 Å². The topological polar surface area (TPSA) is 92.4 Å². The lowest BCUT2D eigenvalue weighted by Gasteiger charge is -2.56. The van der Waals surface area contributed by atoms with E-state index in [1.165, 1.54) is 30.6 Å². The Balaban J connectivity index is 1.02. The Bertz CT molecular complexity index is 1100. The average Bonchev–Trinajstić information content (AvgIpc) is 3.33. The number of ether oxygens (including phenoxy) is 1. The van der Waals surface area contributed by atoms with Gasteiger partial charge in [0.1, 0.15) is 23.1 Å². The second-order valence-corrected chi connectivity index (χ2v) is 13.0. The van der Waals surface area contributed by atoms with Crippen molar-refractivity contribution in [2.45, 2.75) is 88.4 Å². The predicted molar refractivity (Wildman–Crippen MR) is 144 cm³/mol. The molecule has 3 N–H and O–H groups in total. The Kier molecular flexibility index (Phi) is 7.05. The van der Waals surface area contributed by atoms with Gasteiger partial charge >= 0.3 is 6.03 Å². The molecule has 3 amide bonds. The molecule has 0 spiro atoms. The fraction of sp³-hybridized carbons (Fsp3) is 0.607. The lowest BCUT2D eigenvalue weighted by molar-refractivity contribution is -0.0138. The molecular formula is C28H35ClN4O3S. The van der Waals surface area contributed by atoms with Crippen molar-refractivity contribution < 1.29 is 14.3 Å². The van der Waals surface area contributed by atoms with Gasteiger partial charge in [0.05, 0.1) is 6.04 Å². The second-order valence-electron chi connectivity index (χ2n) is 11.6. The van der Waals surface area contributed by atoms with Crippen LogP contribution < -0.4 is 20.7 Å². The van der Waals surface area contributed by atoms with Crippen molar-refractivity contribution in [1.82, 2.24) is 20.9 Å². The SMILES string of the molecule is O=C(N[C@H]1CCCC[C@H]1NC(=O)c1csc(COc2ccc(Cl)cc2)n1)NC12CC3CC(CC(C3)C1)C2. The fourth-order valence-corrected chi connectivity index (χ4v) is 8.40. The van der Waals surface area contributed by atoms with Crippen LogP contribution >= 0.6 is 22.9 Å². The molecule has 0 aliphatic heterocycles. The van der Waals surface area contributed by atoms with Crippen LogP contribution in [0.3, 0.4) is 0 Å². The number of nitrogens with zero attached hydrogens (tertiary/aromatic N) is 1. The third kappa shape index (κ3) is 5.75. The van der Waals surface area contributed by atoms with Gasteiger partial charge in [-0.15, -0.1) is 11.3 Å². The van der Waals surface area contributed by atoms with Gasteiger partial charge in [-0.3, -0.25) is 4.79 Å². The first-order chi connectivity index (χ1) is 17.9. The average molecular weight is 543 g/mol. The first-order valence-corrected chi connectivity index (χ1v) is 14.9. The van der Waals surface area contributed by atoms with Gasteiger partial charge in [0.2, 0.25) is 0 Å². The summed E-state index contributed by atoms with van der Waals surface area (Å²) in [6.45, 7) is 0.289. The van der Waals surface area contributed by atoms with Crippen LogP contribution in [-0.2, 0) is 6.61 Å². The van der Waals surface area contributed by atoms with E-state index in [1.54, 1.807) is 29.6 Å². The maximum Gasteiger partial charge on any atom is 0.315 e. The number of urea groups is 1. The number of hydrogen-bond acceptors (Lipinski definition) is 5. The maximum absolute atomic E-state index is 13.1. The predicted octanol–water partition coefficient (Wildman–Crippen LogP) is 5.68. The zero-order chi connectivity index (χ0) is 25.4. The van der Waals surface area contributed by atoms with Crippen molar-refractivity contribution >= 4 is 34.9 Å². The summed E-state index contributed by atoms with van der Waals surface area (Å²) < 4.78 is 5.75. The van der Waals surface area contributed by atoms with Gasteiger partial charge < -0.3 is 20.7 Å². The van der Waals surface area contributed by atoms with Gasteiger partial charge in [0.25, 0.3) is 5.91 Å².